The van der Waals surface area contributed by atoms with Crippen LogP contribution in [0.5, 0.6) is 0 Å². The molecular formula is C12H20N2O2S. The molecule has 1 atom stereocenters. The lowest BCUT2D eigenvalue weighted by atomic mass is 10.0. The van der Waals surface area contributed by atoms with Gasteiger partial charge in [-0.2, -0.15) is 0 Å². The van der Waals surface area contributed by atoms with Crippen molar-refractivity contribution < 1.29 is 9.53 Å². The van der Waals surface area contributed by atoms with Crippen LogP contribution in [0, 0.1) is 12.8 Å². The number of rotatable bonds is 6. The molecule has 1 unspecified atom stereocenters. The van der Waals surface area contributed by atoms with E-state index in [1.165, 1.54) is 7.11 Å². The van der Waals surface area contributed by atoms with Crippen molar-refractivity contribution in [1.29, 1.82) is 0 Å². The van der Waals surface area contributed by atoms with Gasteiger partial charge in [0, 0.05) is 17.6 Å². The maximum Gasteiger partial charge on any atom is 0.322 e. The summed E-state index contributed by atoms with van der Waals surface area (Å²) in [6.45, 7) is 6.76. The van der Waals surface area contributed by atoms with Crippen molar-refractivity contribution in [3.05, 3.63) is 16.1 Å². The van der Waals surface area contributed by atoms with Gasteiger partial charge in [0.2, 0.25) is 0 Å². The van der Waals surface area contributed by atoms with Gasteiger partial charge in [0.15, 0.2) is 0 Å². The minimum absolute atomic E-state index is 0.202. The fraction of sp³-hybridized carbons (Fsp3) is 0.667. The van der Waals surface area contributed by atoms with E-state index in [2.05, 4.69) is 24.1 Å². The van der Waals surface area contributed by atoms with Crippen LogP contribution in [0.3, 0.4) is 0 Å². The third-order valence-corrected chi connectivity index (χ3v) is 3.33. The molecule has 0 radical (unpaired) electrons. The van der Waals surface area contributed by atoms with Crippen LogP contribution in [0.2, 0.25) is 0 Å². The van der Waals surface area contributed by atoms with E-state index in [0.29, 0.717) is 12.5 Å². The van der Waals surface area contributed by atoms with Crippen LogP contribution >= 0.6 is 11.3 Å². The molecule has 0 saturated carbocycles. The Hall–Kier alpha value is -0.940. The lowest BCUT2D eigenvalue weighted by molar-refractivity contribution is -0.143. The van der Waals surface area contributed by atoms with E-state index in [-0.39, 0.29) is 12.0 Å². The second-order valence-electron chi connectivity index (χ2n) is 4.47. The summed E-state index contributed by atoms with van der Waals surface area (Å²) in [4.78, 5) is 15.9. The summed E-state index contributed by atoms with van der Waals surface area (Å²) in [6.07, 6.45) is 0.775. The highest BCUT2D eigenvalue weighted by Gasteiger charge is 2.20. The number of carbonyl (C=O) groups is 1. The zero-order valence-electron chi connectivity index (χ0n) is 10.8. The van der Waals surface area contributed by atoms with E-state index < -0.39 is 0 Å². The number of thiazole rings is 1. The fourth-order valence-electron chi connectivity index (χ4n) is 1.57. The van der Waals surface area contributed by atoms with Crippen molar-refractivity contribution in [3.8, 4) is 0 Å². The molecule has 1 N–H and O–H groups in total. The number of nitrogens with one attached hydrogen (secondary N) is 1. The number of hydrogen-bond acceptors (Lipinski definition) is 5. The molecular weight excluding hydrogens is 236 g/mol. The molecule has 96 valence electrons. The van der Waals surface area contributed by atoms with E-state index in [9.17, 15) is 4.79 Å². The normalized spacial score (nSPS) is 12.8. The number of ether oxygens (including phenoxy) is 1. The quantitative estimate of drug-likeness (QED) is 0.792. The Morgan fingerprint density at radius 1 is 1.59 bits per heavy atom. The number of aryl methyl sites for hydroxylation is 1. The van der Waals surface area contributed by atoms with Crippen molar-refractivity contribution >= 4 is 17.3 Å². The van der Waals surface area contributed by atoms with E-state index in [1.807, 2.05) is 12.3 Å². The van der Waals surface area contributed by atoms with Crippen LogP contribution < -0.4 is 5.32 Å². The highest BCUT2D eigenvalue weighted by Crippen LogP contribution is 2.11. The summed E-state index contributed by atoms with van der Waals surface area (Å²) >= 11 is 1.60. The van der Waals surface area contributed by atoms with E-state index in [0.717, 1.165) is 17.1 Å². The van der Waals surface area contributed by atoms with Gasteiger partial charge in [-0.1, -0.05) is 13.8 Å². The van der Waals surface area contributed by atoms with Crippen molar-refractivity contribution in [2.24, 2.45) is 5.92 Å². The second-order valence-corrected chi connectivity index (χ2v) is 5.41. The monoisotopic (exact) mass is 256 g/mol. The highest BCUT2D eigenvalue weighted by atomic mass is 32.1. The summed E-state index contributed by atoms with van der Waals surface area (Å²) in [5.41, 5.74) is 1.02. The Morgan fingerprint density at radius 2 is 2.29 bits per heavy atom. The molecule has 0 aliphatic rings. The van der Waals surface area contributed by atoms with Crippen LogP contribution in [0.4, 0.5) is 0 Å². The first kappa shape index (κ1) is 14.1. The molecule has 0 saturated heterocycles. The highest BCUT2D eigenvalue weighted by molar-refractivity contribution is 7.09. The van der Waals surface area contributed by atoms with Gasteiger partial charge >= 0.3 is 5.97 Å². The van der Waals surface area contributed by atoms with Crippen LogP contribution in [0.15, 0.2) is 5.38 Å². The minimum Gasteiger partial charge on any atom is -0.468 e. The number of nitrogens with zero attached hydrogens (tertiary/aromatic N) is 1. The third kappa shape index (κ3) is 4.83. The molecule has 0 aliphatic carbocycles. The maximum absolute atomic E-state index is 11.6. The van der Waals surface area contributed by atoms with Gasteiger partial charge in [-0.05, 0) is 19.3 Å². The summed E-state index contributed by atoms with van der Waals surface area (Å²) in [5, 5.41) is 6.21. The van der Waals surface area contributed by atoms with Crippen LogP contribution in [-0.4, -0.2) is 24.1 Å². The Balaban J connectivity index is 2.51. The molecule has 0 aromatic carbocycles. The molecule has 1 aromatic rings. The molecule has 1 rings (SSSR count). The Morgan fingerprint density at radius 3 is 2.76 bits per heavy atom. The number of carbonyl (C=O) groups excluding carboxylic acids is 1. The largest absolute Gasteiger partial charge is 0.468 e. The maximum atomic E-state index is 11.6. The molecule has 4 nitrogen and oxygen atoms in total. The van der Waals surface area contributed by atoms with Crippen molar-refractivity contribution in [1.82, 2.24) is 10.3 Å². The van der Waals surface area contributed by atoms with Gasteiger partial charge in [-0.15, -0.1) is 11.3 Å². The fourth-order valence-corrected chi connectivity index (χ4v) is 2.29. The van der Waals surface area contributed by atoms with Gasteiger partial charge in [-0.25, -0.2) is 4.98 Å². The molecule has 17 heavy (non-hydrogen) atoms. The van der Waals surface area contributed by atoms with Crippen molar-refractivity contribution in [2.45, 2.75) is 39.8 Å². The third-order valence-electron chi connectivity index (χ3n) is 2.36. The van der Waals surface area contributed by atoms with Gasteiger partial charge in [-0.3, -0.25) is 10.1 Å². The Labute approximate surface area is 106 Å². The van der Waals surface area contributed by atoms with Crippen LogP contribution in [0.25, 0.3) is 0 Å². The number of hydrogen-bond donors (Lipinski definition) is 1. The Bertz CT molecular complexity index is 363. The molecule has 1 aromatic heterocycles. The summed E-state index contributed by atoms with van der Waals surface area (Å²) in [7, 11) is 1.42. The van der Waals surface area contributed by atoms with Crippen LogP contribution in [-0.2, 0) is 16.1 Å². The van der Waals surface area contributed by atoms with Gasteiger partial charge < -0.3 is 4.74 Å². The number of methoxy groups -OCH3 is 1. The lowest BCUT2D eigenvalue weighted by Crippen LogP contribution is -2.38. The lowest BCUT2D eigenvalue weighted by Gasteiger charge is -2.17. The average molecular weight is 256 g/mol. The predicted octanol–water partition coefficient (Wildman–Crippen LogP) is 2.13. The van der Waals surface area contributed by atoms with E-state index in [4.69, 9.17) is 4.74 Å². The molecule has 0 amide bonds. The van der Waals surface area contributed by atoms with E-state index in [1.54, 1.807) is 11.3 Å². The molecule has 0 fully saturated rings. The summed E-state index contributed by atoms with van der Waals surface area (Å²) in [5.74, 6) is 0.247. The summed E-state index contributed by atoms with van der Waals surface area (Å²) in [6, 6.07) is -0.246. The van der Waals surface area contributed by atoms with Gasteiger partial charge in [0.1, 0.15) is 11.0 Å². The SMILES string of the molecule is COC(=O)C(CC(C)C)NCc1nc(C)cs1. The topological polar surface area (TPSA) is 51.2 Å². The smallest absolute Gasteiger partial charge is 0.322 e. The molecule has 0 spiro atoms. The first-order chi connectivity index (χ1) is 8.02. The second kappa shape index (κ2) is 6.71. The van der Waals surface area contributed by atoms with Crippen LogP contribution in [0.1, 0.15) is 31.0 Å². The molecule has 1 heterocycles. The van der Waals surface area contributed by atoms with Gasteiger partial charge in [0.05, 0.1) is 7.11 Å². The van der Waals surface area contributed by atoms with Crippen molar-refractivity contribution in [3.63, 3.8) is 0 Å². The summed E-state index contributed by atoms with van der Waals surface area (Å²) < 4.78 is 4.79. The zero-order chi connectivity index (χ0) is 12.8. The Kier molecular flexibility index (Phi) is 5.58. The minimum atomic E-state index is -0.246. The first-order valence-corrected chi connectivity index (χ1v) is 6.63. The number of aromatic nitrogens is 1. The molecule has 5 heteroatoms. The standard InChI is InChI=1S/C12H20N2O2S/c1-8(2)5-10(12(15)16-4)13-6-11-14-9(3)7-17-11/h7-8,10,13H,5-6H2,1-4H3. The van der Waals surface area contributed by atoms with Crippen molar-refractivity contribution in [2.75, 3.05) is 7.11 Å². The van der Waals surface area contributed by atoms with E-state index >= 15 is 0 Å². The average Bonchev–Trinajstić information content (AvgIpc) is 2.68. The first-order valence-electron chi connectivity index (χ1n) is 5.75. The zero-order valence-corrected chi connectivity index (χ0v) is 11.6. The van der Waals surface area contributed by atoms with Gasteiger partial charge in [0.25, 0.3) is 0 Å². The predicted molar refractivity (Wildman–Crippen MR) is 68.9 cm³/mol. The number of esters is 1. The molecule has 0 bridgehead atoms. The molecule has 0 aliphatic heterocycles.